The Morgan fingerprint density at radius 2 is 1.87 bits per heavy atom. The molecule has 0 aliphatic carbocycles. The van der Waals surface area contributed by atoms with Gasteiger partial charge in [-0.25, -0.2) is 4.79 Å². The Labute approximate surface area is 177 Å². The topological polar surface area (TPSA) is 98.5 Å². The normalized spacial score (nSPS) is 10.5. The van der Waals surface area contributed by atoms with E-state index >= 15 is 0 Å². The first-order valence-electron chi connectivity index (χ1n) is 9.08. The standard InChI is InChI=1S/C22H20N2O5S/c1-13-20(21(24-29-13)15-7-5-4-6-8-15)22(27)28-12-18(26)16-9-10-19(30-3)17(11-16)23-14(2)25/h4-11H,12H2,1-3H3,(H,23,25). The molecule has 2 aromatic carbocycles. The predicted molar refractivity (Wildman–Crippen MR) is 114 cm³/mol. The zero-order chi connectivity index (χ0) is 21.7. The van der Waals surface area contributed by atoms with Gasteiger partial charge in [0.05, 0.1) is 5.69 Å². The van der Waals surface area contributed by atoms with Gasteiger partial charge in [-0.15, -0.1) is 11.8 Å². The number of Topliss-reactive ketones (excluding diaryl/α,β-unsaturated/α-hetero) is 1. The summed E-state index contributed by atoms with van der Waals surface area (Å²) in [5, 5.41) is 6.65. The van der Waals surface area contributed by atoms with Gasteiger partial charge in [0.15, 0.2) is 12.4 Å². The number of carbonyl (C=O) groups excluding carboxylic acids is 3. The van der Waals surface area contributed by atoms with Crippen molar-refractivity contribution in [3.8, 4) is 11.3 Å². The highest BCUT2D eigenvalue weighted by Crippen LogP contribution is 2.28. The summed E-state index contributed by atoms with van der Waals surface area (Å²) in [4.78, 5) is 37.4. The van der Waals surface area contributed by atoms with Crippen LogP contribution in [0.5, 0.6) is 0 Å². The van der Waals surface area contributed by atoms with Crippen molar-refractivity contribution in [2.75, 3.05) is 18.2 Å². The van der Waals surface area contributed by atoms with Crippen LogP contribution in [-0.4, -0.2) is 35.7 Å². The van der Waals surface area contributed by atoms with E-state index in [1.165, 1.54) is 18.7 Å². The minimum atomic E-state index is -0.691. The summed E-state index contributed by atoms with van der Waals surface area (Å²) >= 11 is 1.45. The number of hydrogen-bond donors (Lipinski definition) is 1. The molecular weight excluding hydrogens is 404 g/mol. The molecule has 30 heavy (non-hydrogen) atoms. The average Bonchev–Trinajstić information content (AvgIpc) is 3.13. The molecule has 0 saturated carbocycles. The number of esters is 1. The van der Waals surface area contributed by atoms with Crippen LogP contribution < -0.4 is 5.32 Å². The highest BCUT2D eigenvalue weighted by molar-refractivity contribution is 7.98. The van der Waals surface area contributed by atoms with Crippen LogP contribution in [0.1, 0.15) is 33.4 Å². The Bertz CT molecular complexity index is 1090. The van der Waals surface area contributed by atoms with Crippen molar-refractivity contribution < 1.29 is 23.6 Å². The van der Waals surface area contributed by atoms with E-state index in [1.807, 2.05) is 24.5 Å². The minimum Gasteiger partial charge on any atom is -0.454 e. The number of carbonyl (C=O) groups is 3. The molecule has 0 bridgehead atoms. The maximum absolute atomic E-state index is 12.6. The van der Waals surface area contributed by atoms with E-state index < -0.39 is 18.4 Å². The number of amides is 1. The van der Waals surface area contributed by atoms with Crippen molar-refractivity contribution in [1.82, 2.24) is 5.16 Å². The molecule has 1 amide bonds. The third-order valence-corrected chi connectivity index (χ3v) is 5.08. The first-order chi connectivity index (χ1) is 14.4. The lowest BCUT2D eigenvalue weighted by Crippen LogP contribution is -2.16. The number of ether oxygens (including phenoxy) is 1. The second-order valence-electron chi connectivity index (χ2n) is 6.42. The molecule has 0 spiro atoms. The van der Waals surface area contributed by atoms with Gasteiger partial charge in [-0.2, -0.15) is 0 Å². The lowest BCUT2D eigenvalue weighted by molar-refractivity contribution is -0.114. The molecule has 8 heteroatoms. The second kappa shape index (κ2) is 9.41. The van der Waals surface area contributed by atoms with Gasteiger partial charge in [0.2, 0.25) is 5.91 Å². The molecule has 3 rings (SSSR count). The summed E-state index contributed by atoms with van der Waals surface area (Å²) in [6.45, 7) is 2.56. The third-order valence-electron chi connectivity index (χ3n) is 4.28. The van der Waals surface area contributed by atoms with Crippen molar-refractivity contribution in [3.05, 3.63) is 65.4 Å². The molecule has 3 aromatic rings. The first-order valence-corrected chi connectivity index (χ1v) is 10.3. The summed E-state index contributed by atoms with van der Waals surface area (Å²) in [5.41, 5.74) is 2.12. The van der Waals surface area contributed by atoms with E-state index in [4.69, 9.17) is 9.26 Å². The van der Waals surface area contributed by atoms with Crippen molar-refractivity contribution in [1.29, 1.82) is 0 Å². The summed E-state index contributed by atoms with van der Waals surface area (Å²) in [6, 6.07) is 14.0. The fourth-order valence-corrected chi connectivity index (χ4v) is 3.39. The second-order valence-corrected chi connectivity index (χ2v) is 7.27. The number of nitrogens with one attached hydrogen (secondary N) is 1. The molecule has 0 atom stereocenters. The van der Waals surface area contributed by atoms with E-state index in [0.717, 1.165) is 4.90 Å². The maximum atomic E-state index is 12.6. The van der Waals surface area contributed by atoms with Crippen LogP contribution in [0.15, 0.2) is 57.9 Å². The Morgan fingerprint density at radius 1 is 1.13 bits per heavy atom. The molecule has 0 aliphatic rings. The number of ketones is 1. The quantitative estimate of drug-likeness (QED) is 0.342. The number of hydrogen-bond acceptors (Lipinski definition) is 7. The summed E-state index contributed by atoms with van der Waals surface area (Å²) in [6.07, 6.45) is 1.87. The van der Waals surface area contributed by atoms with E-state index in [1.54, 1.807) is 37.3 Å². The molecular formula is C22H20N2O5S. The third kappa shape index (κ3) is 4.77. The van der Waals surface area contributed by atoms with Gasteiger partial charge in [-0.3, -0.25) is 9.59 Å². The Kier molecular flexibility index (Phi) is 6.68. The molecule has 0 saturated heterocycles. The Balaban J connectivity index is 1.75. The zero-order valence-corrected chi connectivity index (χ0v) is 17.5. The van der Waals surface area contributed by atoms with Crippen LogP contribution >= 0.6 is 11.8 Å². The van der Waals surface area contributed by atoms with E-state index in [9.17, 15) is 14.4 Å². The molecule has 7 nitrogen and oxygen atoms in total. The highest BCUT2D eigenvalue weighted by atomic mass is 32.2. The zero-order valence-electron chi connectivity index (χ0n) is 16.7. The smallest absolute Gasteiger partial charge is 0.344 e. The average molecular weight is 424 g/mol. The number of benzene rings is 2. The summed E-state index contributed by atoms with van der Waals surface area (Å²) in [7, 11) is 0. The summed E-state index contributed by atoms with van der Waals surface area (Å²) < 4.78 is 10.4. The predicted octanol–water partition coefficient (Wildman–Crippen LogP) is 4.37. The van der Waals surface area contributed by atoms with Crippen LogP contribution in [-0.2, 0) is 9.53 Å². The van der Waals surface area contributed by atoms with Crippen molar-refractivity contribution in [2.24, 2.45) is 0 Å². The molecule has 0 radical (unpaired) electrons. The van der Waals surface area contributed by atoms with Gasteiger partial charge in [0.25, 0.3) is 0 Å². The van der Waals surface area contributed by atoms with Gasteiger partial charge < -0.3 is 14.6 Å². The number of anilines is 1. The van der Waals surface area contributed by atoms with Crippen LogP contribution in [0.2, 0.25) is 0 Å². The molecule has 1 heterocycles. The Hall–Kier alpha value is -3.39. The lowest BCUT2D eigenvalue weighted by atomic mass is 10.1. The molecule has 0 unspecified atom stereocenters. The van der Waals surface area contributed by atoms with Crippen LogP contribution in [0.25, 0.3) is 11.3 Å². The molecule has 0 aliphatic heterocycles. The van der Waals surface area contributed by atoms with E-state index in [0.29, 0.717) is 28.3 Å². The van der Waals surface area contributed by atoms with E-state index in [2.05, 4.69) is 10.5 Å². The highest BCUT2D eigenvalue weighted by Gasteiger charge is 2.24. The molecule has 1 N–H and O–H groups in total. The SMILES string of the molecule is CSc1ccc(C(=O)COC(=O)c2c(-c3ccccc3)noc2C)cc1NC(C)=O. The number of thioether (sulfide) groups is 1. The van der Waals surface area contributed by atoms with Gasteiger partial charge in [0, 0.05) is 22.9 Å². The molecule has 154 valence electrons. The fourth-order valence-electron chi connectivity index (χ4n) is 2.86. The lowest BCUT2D eigenvalue weighted by Gasteiger charge is -2.10. The van der Waals surface area contributed by atoms with Crippen molar-refractivity contribution in [3.63, 3.8) is 0 Å². The number of rotatable bonds is 7. The number of aromatic nitrogens is 1. The monoisotopic (exact) mass is 424 g/mol. The minimum absolute atomic E-state index is 0.186. The van der Waals surface area contributed by atoms with Crippen LogP contribution in [0, 0.1) is 6.92 Å². The molecule has 1 aromatic heterocycles. The first kappa shape index (κ1) is 21.3. The van der Waals surface area contributed by atoms with Crippen molar-refractivity contribution in [2.45, 2.75) is 18.7 Å². The fraction of sp³-hybridized carbons (Fsp3) is 0.182. The van der Waals surface area contributed by atoms with Gasteiger partial charge >= 0.3 is 5.97 Å². The summed E-state index contributed by atoms with van der Waals surface area (Å²) in [5.74, 6) is -1.01. The van der Waals surface area contributed by atoms with Crippen LogP contribution in [0.3, 0.4) is 0 Å². The molecule has 0 fully saturated rings. The van der Waals surface area contributed by atoms with Crippen molar-refractivity contribution >= 4 is 35.1 Å². The Morgan fingerprint density at radius 3 is 2.53 bits per heavy atom. The number of aryl methyl sites for hydroxylation is 1. The van der Waals surface area contributed by atoms with Gasteiger partial charge in [-0.1, -0.05) is 41.6 Å². The number of nitrogens with zero attached hydrogens (tertiary/aromatic N) is 1. The van der Waals surface area contributed by atoms with Gasteiger partial charge in [-0.05, 0) is 25.3 Å². The van der Waals surface area contributed by atoms with Crippen LogP contribution in [0.4, 0.5) is 5.69 Å². The largest absolute Gasteiger partial charge is 0.454 e. The van der Waals surface area contributed by atoms with E-state index in [-0.39, 0.29) is 11.5 Å². The van der Waals surface area contributed by atoms with Gasteiger partial charge in [0.1, 0.15) is 17.0 Å². The maximum Gasteiger partial charge on any atom is 0.344 e.